The number of aromatic nitrogens is 4. The van der Waals surface area contributed by atoms with Crippen molar-refractivity contribution >= 4 is 23.4 Å². The van der Waals surface area contributed by atoms with E-state index in [4.69, 9.17) is 4.74 Å². The summed E-state index contributed by atoms with van der Waals surface area (Å²) in [4.78, 5) is 21.1. The number of nitrogens with zero attached hydrogens (tertiary/aromatic N) is 5. The molecule has 0 radical (unpaired) electrons. The topological polar surface area (TPSA) is 130 Å². The highest BCUT2D eigenvalue weighted by Gasteiger charge is 2.47. The van der Waals surface area contributed by atoms with Gasteiger partial charge in [0.1, 0.15) is 11.7 Å². The number of fused-ring (bicyclic) bond motifs is 1. The lowest BCUT2D eigenvalue weighted by Crippen LogP contribution is -2.50. The van der Waals surface area contributed by atoms with Gasteiger partial charge in [0.15, 0.2) is 17.5 Å². The molecule has 10 nitrogen and oxygen atoms in total. The minimum Gasteiger partial charge on any atom is -0.444 e. The summed E-state index contributed by atoms with van der Waals surface area (Å²) in [5.74, 6) is 0.674. The lowest BCUT2D eigenvalue weighted by Gasteiger charge is -2.33. The number of nitriles is 1. The van der Waals surface area contributed by atoms with E-state index in [2.05, 4.69) is 31.0 Å². The molecule has 2 aliphatic rings. The Labute approximate surface area is 214 Å². The number of anilines is 3. The quantitative estimate of drug-likeness (QED) is 0.447. The summed E-state index contributed by atoms with van der Waals surface area (Å²) in [6, 6.07) is 6.28. The molecular formula is C26H29FN8O2. The van der Waals surface area contributed by atoms with Crippen LogP contribution in [0, 0.1) is 29.0 Å². The molecule has 0 bridgehead atoms. The Hall–Kier alpha value is -4.20. The van der Waals surface area contributed by atoms with Crippen LogP contribution in [0.4, 0.5) is 26.5 Å². The van der Waals surface area contributed by atoms with E-state index in [1.54, 1.807) is 41.6 Å². The second kappa shape index (κ2) is 9.69. The minimum absolute atomic E-state index is 0.0118. The van der Waals surface area contributed by atoms with Gasteiger partial charge in [-0.25, -0.2) is 18.9 Å². The predicted molar refractivity (Wildman–Crippen MR) is 135 cm³/mol. The molecule has 2 unspecified atom stereocenters. The molecular weight excluding hydrogens is 475 g/mol. The van der Waals surface area contributed by atoms with E-state index in [0.29, 0.717) is 23.2 Å². The van der Waals surface area contributed by atoms with Gasteiger partial charge in [-0.05, 0) is 70.1 Å². The van der Waals surface area contributed by atoms with E-state index >= 15 is 4.39 Å². The summed E-state index contributed by atoms with van der Waals surface area (Å²) in [6.45, 7) is 5.43. The largest absolute Gasteiger partial charge is 0.444 e. The lowest BCUT2D eigenvalue weighted by molar-refractivity contribution is 0.0487. The standard InChI is InChI=1S/C26H29FN8O2/c1-26(2,3)37-25(36)33-22-10-16-7-15(16)9-21(22)32-24-20(27)8-17(12-28)23(34-24)31-18-11-19(14-29-13-18)35-6-4-5-30-35/h4-6,8,11,13-16,21-22H,7,9-10H2,1-3H3,(H,33,36)(H2,31,32,34)/t15?,16?,21-,22+/m1/s1. The number of carbonyl (C=O) groups is 1. The highest BCUT2D eigenvalue weighted by molar-refractivity contribution is 5.69. The van der Waals surface area contributed by atoms with Gasteiger partial charge in [-0.3, -0.25) is 4.98 Å². The number of nitrogens with one attached hydrogen (secondary N) is 3. The SMILES string of the molecule is CC(C)(C)OC(=O)N[C@H]1CC2CC2C[C@H]1Nc1nc(Nc2cncc(-n3cccn3)c2)c(C#N)cc1F. The fourth-order valence-electron chi connectivity index (χ4n) is 4.77. The Kier molecular flexibility index (Phi) is 6.41. The van der Waals surface area contributed by atoms with Crippen LogP contribution in [-0.2, 0) is 4.74 Å². The molecule has 11 heteroatoms. The number of halogens is 1. The zero-order valence-electron chi connectivity index (χ0n) is 20.9. The van der Waals surface area contributed by atoms with Gasteiger partial charge in [-0.15, -0.1) is 0 Å². The fraction of sp³-hybridized carbons (Fsp3) is 0.423. The van der Waals surface area contributed by atoms with Crippen LogP contribution in [0.25, 0.3) is 5.69 Å². The van der Waals surface area contributed by atoms with E-state index in [-0.39, 0.29) is 29.3 Å². The van der Waals surface area contributed by atoms with E-state index in [9.17, 15) is 10.1 Å². The molecule has 37 heavy (non-hydrogen) atoms. The number of hydrogen-bond donors (Lipinski definition) is 3. The molecule has 2 fully saturated rings. The molecule has 192 valence electrons. The van der Waals surface area contributed by atoms with Gasteiger partial charge in [0.25, 0.3) is 0 Å². The monoisotopic (exact) mass is 504 g/mol. The van der Waals surface area contributed by atoms with Crippen molar-refractivity contribution in [1.82, 2.24) is 25.1 Å². The van der Waals surface area contributed by atoms with Gasteiger partial charge >= 0.3 is 6.09 Å². The Morgan fingerprint density at radius 2 is 1.95 bits per heavy atom. The highest BCUT2D eigenvalue weighted by Crippen LogP contribution is 2.50. The normalized spacial score (nSPS) is 22.4. The molecule has 1 amide bonds. The summed E-state index contributed by atoms with van der Waals surface area (Å²) in [5.41, 5.74) is 0.722. The molecule has 2 saturated carbocycles. The van der Waals surface area contributed by atoms with Gasteiger partial charge in [-0.2, -0.15) is 10.4 Å². The van der Waals surface area contributed by atoms with Gasteiger partial charge in [0, 0.05) is 18.4 Å². The van der Waals surface area contributed by atoms with Crippen molar-refractivity contribution in [2.75, 3.05) is 10.6 Å². The maximum absolute atomic E-state index is 15.0. The maximum atomic E-state index is 15.0. The molecule has 2 aliphatic carbocycles. The van der Waals surface area contributed by atoms with E-state index in [1.165, 1.54) is 0 Å². The molecule has 3 heterocycles. The summed E-state index contributed by atoms with van der Waals surface area (Å²) in [7, 11) is 0. The molecule has 0 saturated heterocycles. The first kappa shape index (κ1) is 24.5. The molecule has 5 rings (SSSR count). The van der Waals surface area contributed by atoms with Crippen LogP contribution >= 0.6 is 0 Å². The second-order valence-electron chi connectivity index (χ2n) is 10.6. The molecule has 0 aliphatic heterocycles. The van der Waals surface area contributed by atoms with Crippen molar-refractivity contribution in [3.63, 3.8) is 0 Å². The van der Waals surface area contributed by atoms with Crippen LogP contribution in [0.2, 0.25) is 0 Å². The molecule has 3 aromatic heterocycles. The van der Waals surface area contributed by atoms with Gasteiger partial charge in [-0.1, -0.05) is 0 Å². The maximum Gasteiger partial charge on any atom is 0.407 e. The van der Waals surface area contributed by atoms with Crippen molar-refractivity contribution < 1.29 is 13.9 Å². The van der Waals surface area contributed by atoms with Crippen LogP contribution in [0.1, 0.15) is 45.6 Å². The number of rotatable bonds is 6. The summed E-state index contributed by atoms with van der Waals surface area (Å²) >= 11 is 0. The Balaban J connectivity index is 1.36. The number of hydrogen-bond acceptors (Lipinski definition) is 8. The number of amides is 1. The Morgan fingerprint density at radius 1 is 1.16 bits per heavy atom. The average molecular weight is 505 g/mol. The third kappa shape index (κ3) is 5.80. The van der Waals surface area contributed by atoms with Gasteiger partial charge < -0.3 is 20.7 Å². The van der Waals surface area contributed by atoms with Crippen molar-refractivity contribution in [1.29, 1.82) is 5.26 Å². The smallest absolute Gasteiger partial charge is 0.407 e. The van der Waals surface area contributed by atoms with E-state index in [1.807, 2.05) is 26.8 Å². The van der Waals surface area contributed by atoms with E-state index < -0.39 is 17.5 Å². The van der Waals surface area contributed by atoms with E-state index in [0.717, 1.165) is 25.3 Å². The number of carbonyl (C=O) groups excluding carboxylic acids is 1. The van der Waals surface area contributed by atoms with Crippen molar-refractivity contribution in [3.05, 3.63) is 54.4 Å². The van der Waals surface area contributed by atoms with Crippen LogP contribution in [0.5, 0.6) is 0 Å². The van der Waals surface area contributed by atoms with Crippen LogP contribution in [-0.4, -0.2) is 43.5 Å². The molecule has 3 N–H and O–H groups in total. The number of alkyl carbamates (subject to hydrolysis) is 1. The zero-order chi connectivity index (χ0) is 26.2. The first-order valence-electron chi connectivity index (χ1n) is 12.3. The van der Waals surface area contributed by atoms with Crippen LogP contribution in [0.15, 0.2) is 43.0 Å². The van der Waals surface area contributed by atoms with Crippen molar-refractivity contribution in [3.8, 4) is 11.8 Å². The predicted octanol–water partition coefficient (Wildman–Crippen LogP) is 4.52. The first-order chi connectivity index (χ1) is 17.7. The molecule has 0 spiro atoms. The molecule has 0 aromatic carbocycles. The first-order valence-corrected chi connectivity index (χ1v) is 12.3. The van der Waals surface area contributed by atoms with Gasteiger partial charge in [0.05, 0.1) is 35.4 Å². The Bertz CT molecular complexity index is 1330. The summed E-state index contributed by atoms with van der Waals surface area (Å²) < 4.78 is 22.1. The van der Waals surface area contributed by atoms with Crippen molar-refractivity contribution in [2.24, 2.45) is 11.8 Å². The molecule has 4 atom stereocenters. The highest BCUT2D eigenvalue weighted by atomic mass is 19.1. The fourth-order valence-corrected chi connectivity index (χ4v) is 4.77. The third-order valence-corrected chi connectivity index (χ3v) is 6.54. The second-order valence-corrected chi connectivity index (χ2v) is 10.6. The van der Waals surface area contributed by atoms with Crippen LogP contribution in [0.3, 0.4) is 0 Å². The third-order valence-electron chi connectivity index (χ3n) is 6.54. The van der Waals surface area contributed by atoms with Crippen LogP contribution < -0.4 is 16.0 Å². The minimum atomic E-state index is -0.639. The number of ether oxygens (including phenoxy) is 1. The Morgan fingerprint density at radius 3 is 2.65 bits per heavy atom. The lowest BCUT2D eigenvalue weighted by atomic mass is 9.90. The van der Waals surface area contributed by atoms with Crippen molar-refractivity contribution in [2.45, 2.75) is 57.7 Å². The zero-order valence-corrected chi connectivity index (χ0v) is 20.9. The van der Waals surface area contributed by atoms with Gasteiger partial charge in [0.2, 0.25) is 0 Å². The summed E-state index contributed by atoms with van der Waals surface area (Å²) in [5, 5.41) is 23.0. The molecule has 3 aromatic rings. The summed E-state index contributed by atoms with van der Waals surface area (Å²) in [6.07, 6.45) is 8.86. The number of pyridine rings is 2. The average Bonchev–Trinajstić information content (AvgIpc) is 3.35.